The van der Waals surface area contributed by atoms with Gasteiger partial charge in [0.1, 0.15) is 17.8 Å². The number of amides is 1. The third kappa shape index (κ3) is 3.23. The van der Waals surface area contributed by atoms with E-state index >= 15 is 0 Å². The number of aromatic nitrogens is 4. The molecule has 1 amide bonds. The zero-order chi connectivity index (χ0) is 17.9. The highest BCUT2D eigenvalue weighted by Crippen LogP contribution is 2.23. The van der Waals surface area contributed by atoms with E-state index in [1.807, 2.05) is 30.3 Å². The largest absolute Gasteiger partial charge is 0.457 e. The maximum Gasteiger partial charge on any atom is 0.259 e. The van der Waals surface area contributed by atoms with E-state index in [1.54, 1.807) is 37.4 Å². The molecule has 4 aromatic rings. The number of anilines is 1. The summed E-state index contributed by atoms with van der Waals surface area (Å²) in [6, 6.07) is 16.7. The standard InChI is InChI=1S/C19H15N5O2/c1-13-17(11-24-19(22-13)20-12-21-24)18(25)23-14-7-9-16(10-8-14)26-15-5-3-2-4-6-15/h2-12H,1H3,(H,23,25). The number of carbonyl (C=O) groups is 1. The second-order valence-corrected chi connectivity index (χ2v) is 5.64. The zero-order valence-corrected chi connectivity index (χ0v) is 14.0. The number of nitrogens with one attached hydrogen (secondary N) is 1. The lowest BCUT2D eigenvalue weighted by Crippen LogP contribution is -2.15. The first-order chi connectivity index (χ1) is 12.7. The molecule has 26 heavy (non-hydrogen) atoms. The number of aryl methyl sites for hydroxylation is 1. The van der Waals surface area contributed by atoms with Gasteiger partial charge in [-0.15, -0.1) is 0 Å². The Morgan fingerprint density at radius 1 is 1.04 bits per heavy atom. The van der Waals surface area contributed by atoms with E-state index in [0.717, 1.165) is 5.75 Å². The Hall–Kier alpha value is -3.74. The van der Waals surface area contributed by atoms with Crippen LogP contribution in [0.2, 0.25) is 0 Å². The van der Waals surface area contributed by atoms with Gasteiger partial charge in [0, 0.05) is 11.9 Å². The predicted molar refractivity (Wildman–Crippen MR) is 96.4 cm³/mol. The van der Waals surface area contributed by atoms with E-state index in [2.05, 4.69) is 20.4 Å². The van der Waals surface area contributed by atoms with Crippen molar-refractivity contribution in [3.63, 3.8) is 0 Å². The lowest BCUT2D eigenvalue weighted by atomic mass is 10.2. The van der Waals surface area contributed by atoms with Gasteiger partial charge in [0.15, 0.2) is 0 Å². The molecule has 0 aliphatic heterocycles. The van der Waals surface area contributed by atoms with Crippen molar-refractivity contribution in [2.75, 3.05) is 5.32 Å². The summed E-state index contributed by atoms with van der Waals surface area (Å²) in [6.45, 7) is 1.76. The molecule has 0 atom stereocenters. The van der Waals surface area contributed by atoms with Gasteiger partial charge < -0.3 is 10.1 Å². The fourth-order valence-electron chi connectivity index (χ4n) is 2.49. The third-order valence-corrected chi connectivity index (χ3v) is 3.80. The SMILES string of the molecule is Cc1nc2ncnn2cc1C(=O)Nc1ccc(Oc2ccccc2)cc1. The summed E-state index contributed by atoms with van der Waals surface area (Å²) in [5.74, 6) is 1.65. The van der Waals surface area contributed by atoms with E-state index in [4.69, 9.17) is 4.74 Å². The smallest absolute Gasteiger partial charge is 0.259 e. The van der Waals surface area contributed by atoms with Crippen LogP contribution in [-0.2, 0) is 0 Å². The molecule has 2 aromatic heterocycles. The van der Waals surface area contributed by atoms with Crippen molar-refractivity contribution < 1.29 is 9.53 Å². The van der Waals surface area contributed by atoms with Gasteiger partial charge in [0.25, 0.3) is 11.7 Å². The van der Waals surface area contributed by atoms with E-state index in [1.165, 1.54) is 10.8 Å². The number of hydrogen-bond acceptors (Lipinski definition) is 5. The van der Waals surface area contributed by atoms with Gasteiger partial charge in [-0.1, -0.05) is 18.2 Å². The molecular weight excluding hydrogens is 330 g/mol. The minimum atomic E-state index is -0.260. The van der Waals surface area contributed by atoms with Crippen LogP contribution < -0.4 is 10.1 Å². The van der Waals surface area contributed by atoms with Crippen LogP contribution in [0.25, 0.3) is 5.78 Å². The van der Waals surface area contributed by atoms with Crippen LogP contribution in [0.4, 0.5) is 5.69 Å². The third-order valence-electron chi connectivity index (χ3n) is 3.80. The Balaban J connectivity index is 1.49. The number of ether oxygens (including phenoxy) is 1. The summed E-state index contributed by atoms with van der Waals surface area (Å²) in [5, 5.41) is 6.86. The Morgan fingerprint density at radius 2 is 1.77 bits per heavy atom. The molecule has 0 unspecified atom stereocenters. The van der Waals surface area contributed by atoms with Gasteiger partial charge >= 0.3 is 0 Å². The number of hydrogen-bond donors (Lipinski definition) is 1. The van der Waals surface area contributed by atoms with Crippen LogP contribution in [0, 0.1) is 6.92 Å². The highest BCUT2D eigenvalue weighted by Gasteiger charge is 2.13. The number of fused-ring (bicyclic) bond motifs is 1. The fourth-order valence-corrected chi connectivity index (χ4v) is 2.49. The van der Waals surface area contributed by atoms with Crippen molar-refractivity contribution in [1.29, 1.82) is 0 Å². The first-order valence-electron chi connectivity index (χ1n) is 8.00. The molecule has 7 nitrogen and oxygen atoms in total. The Kier molecular flexibility index (Phi) is 4.03. The van der Waals surface area contributed by atoms with Crippen molar-refractivity contribution in [3.8, 4) is 11.5 Å². The van der Waals surface area contributed by atoms with Gasteiger partial charge in [-0.05, 0) is 43.3 Å². The molecule has 0 aliphatic rings. The normalized spacial score (nSPS) is 10.7. The molecule has 0 fully saturated rings. The topological polar surface area (TPSA) is 81.4 Å². The van der Waals surface area contributed by atoms with Crippen LogP contribution in [0.5, 0.6) is 11.5 Å². The van der Waals surface area contributed by atoms with E-state index in [-0.39, 0.29) is 5.91 Å². The Morgan fingerprint density at radius 3 is 2.54 bits per heavy atom. The highest BCUT2D eigenvalue weighted by molar-refractivity contribution is 6.04. The molecular formula is C19H15N5O2. The van der Waals surface area contributed by atoms with Crippen LogP contribution in [0.15, 0.2) is 67.1 Å². The van der Waals surface area contributed by atoms with Crippen molar-refractivity contribution in [3.05, 3.63) is 78.4 Å². The van der Waals surface area contributed by atoms with Crippen molar-refractivity contribution >= 4 is 17.4 Å². The van der Waals surface area contributed by atoms with Crippen LogP contribution >= 0.6 is 0 Å². The Labute approximate surface area is 149 Å². The molecule has 0 bridgehead atoms. The lowest BCUT2D eigenvalue weighted by molar-refractivity contribution is 0.102. The molecule has 128 valence electrons. The maximum atomic E-state index is 12.5. The van der Waals surface area contributed by atoms with Gasteiger partial charge in [-0.2, -0.15) is 10.1 Å². The van der Waals surface area contributed by atoms with E-state index in [9.17, 15) is 4.79 Å². The van der Waals surface area contributed by atoms with Gasteiger partial charge in [-0.25, -0.2) is 9.50 Å². The number of nitrogens with zero attached hydrogens (tertiary/aromatic N) is 4. The van der Waals surface area contributed by atoms with E-state index < -0.39 is 0 Å². The summed E-state index contributed by atoms with van der Waals surface area (Å²) in [5.41, 5.74) is 1.69. The minimum Gasteiger partial charge on any atom is -0.457 e. The van der Waals surface area contributed by atoms with E-state index in [0.29, 0.717) is 28.5 Å². The molecule has 0 saturated carbocycles. The number of benzene rings is 2. The van der Waals surface area contributed by atoms with Crippen LogP contribution in [0.1, 0.15) is 16.1 Å². The molecule has 1 N–H and O–H groups in total. The zero-order valence-electron chi connectivity index (χ0n) is 14.0. The summed E-state index contributed by atoms with van der Waals surface area (Å²) >= 11 is 0. The van der Waals surface area contributed by atoms with Crippen molar-refractivity contribution in [2.45, 2.75) is 6.92 Å². The second-order valence-electron chi connectivity index (χ2n) is 5.64. The summed E-state index contributed by atoms with van der Waals surface area (Å²) in [7, 11) is 0. The quantitative estimate of drug-likeness (QED) is 0.612. The highest BCUT2D eigenvalue weighted by atomic mass is 16.5. The minimum absolute atomic E-state index is 0.260. The van der Waals surface area contributed by atoms with Crippen molar-refractivity contribution in [1.82, 2.24) is 19.6 Å². The number of rotatable bonds is 4. The lowest BCUT2D eigenvalue weighted by Gasteiger charge is -2.09. The van der Waals surface area contributed by atoms with Crippen LogP contribution in [0.3, 0.4) is 0 Å². The number of para-hydroxylation sites is 1. The van der Waals surface area contributed by atoms with Gasteiger partial charge in [-0.3, -0.25) is 4.79 Å². The Bertz CT molecular complexity index is 1060. The molecule has 0 radical (unpaired) electrons. The monoisotopic (exact) mass is 345 g/mol. The first kappa shape index (κ1) is 15.8. The van der Waals surface area contributed by atoms with Gasteiger partial charge in [0.2, 0.25) is 0 Å². The summed E-state index contributed by atoms with van der Waals surface area (Å²) in [6.07, 6.45) is 3.02. The molecule has 7 heteroatoms. The molecule has 0 saturated heterocycles. The first-order valence-corrected chi connectivity index (χ1v) is 8.00. The summed E-state index contributed by atoms with van der Waals surface area (Å²) < 4.78 is 7.21. The molecule has 4 rings (SSSR count). The predicted octanol–water partition coefficient (Wildman–Crippen LogP) is 3.48. The fraction of sp³-hybridized carbons (Fsp3) is 0.0526. The summed E-state index contributed by atoms with van der Waals surface area (Å²) in [4.78, 5) is 20.8. The van der Waals surface area contributed by atoms with Crippen molar-refractivity contribution in [2.24, 2.45) is 0 Å². The van der Waals surface area contributed by atoms with Crippen LogP contribution in [-0.4, -0.2) is 25.5 Å². The second kappa shape index (κ2) is 6.64. The van der Waals surface area contributed by atoms with Gasteiger partial charge in [0.05, 0.1) is 11.3 Å². The average Bonchev–Trinajstić information content (AvgIpc) is 3.10. The molecule has 2 aromatic carbocycles. The maximum absolute atomic E-state index is 12.5. The molecule has 2 heterocycles. The number of carbonyl (C=O) groups excluding carboxylic acids is 1. The molecule has 0 aliphatic carbocycles. The molecule has 0 spiro atoms. The average molecular weight is 345 g/mol.